The molecule has 0 fully saturated rings. The van der Waals surface area contributed by atoms with Crippen LogP contribution in [-0.2, 0) is 14.3 Å². The van der Waals surface area contributed by atoms with E-state index in [0.29, 0.717) is 6.61 Å². The monoisotopic (exact) mass is 263 g/mol. The first kappa shape index (κ1) is 16.2. The van der Waals surface area contributed by atoms with Gasteiger partial charge in [0.15, 0.2) is 0 Å². The molecule has 100 valence electrons. The highest BCUT2D eigenvalue weighted by atomic mass is 32.2. The fourth-order valence-corrected chi connectivity index (χ4v) is 1.45. The lowest BCUT2D eigenvalue weighted by Gasteiger charge is -2.21. The number of hydrogen-bond donors (Lipinski definition) is 2. The Bertz CT molecular complexity index is 263. The summed E-state index contributed by atoms with van der Waals surface area (Å²) in [6.45, 7) is 6.00. The molecule has 0 aliphatic carbocycles. The Morgan fingerprint density at radius 3 is 2.41 bits per heavy atom. The number of hydrogen-bond acceptors (Lipinski definition) is 4. The van der Waals surface area contributed by atoms with Gasteiger partial charge in [-0.2, -0.15) is 11.8 Å². The van der Waals surface area contributed by atoms with Crippen molar-refractivity contribution < 1.29 is 19.4 Å². The Balaban J connectivity index is 4.08. The number of ether oxygens (including phenoxy) is 1. The minimum absolute atomic E-state index is 0.263. The summed E-state index contributed by atoms with van der Waals surface area (Å²) in [7, 11) is 0. The van der Waals surface area contributed by atoms with Crippen molar-refractivity contribution in [1.82, 2.24) is 5.32 Å². The zero-order valence-corrected chi connectivity index (χ0v) is 11.6. The molecule has 1 amide bonds. The van der Waals surface area contributed by atoms with Gasteiger partial charge < -0.3 is 15.2 Å². The second-order valence-electron chi connectivity index (χ2n) is 4.64. The lowest BCUT2D eigenvalue weighted by atomic mass is 10.2. The number of rotatable bonds is 7. The highest BCUT2D eigenvalue weighted by Crippen LogP contribution is 2.08. The first-order chi connectivity index (χ1) is 7.76. The SMILES string of the molecule is CSCC(=O)NC(CCOC(C)(C)C)C(=O)O. The van der Waals surface area contributed by atoms with Crippen LogP contribution in [0.15, 0.2) is 0 Å². The van der Waals surface area contributed by atoms with Gasteiger partial charge in [-0.25, -0.2) is 4.79 Å². The van der Waals surface area contributed by atoms with Gasteiger partial charge in [0.2, 0.25) is 5.91 Å². The maximum atomic E-state index is 11.3. The Labute approximate surface area is 106 Å². The minimum Gasteiger partial charge on any atom is -0.480 e. The van der Waals surface area contributed by atoms with Gasteiger partial charge in [-0.05, 0) is 27.0 Å². The summed E-state index contributed by atoms with van der Waals surface area (Å²) in [4.78, 5) is 22.2. The van der Waals surface area contributed by atoms with Crippen LogP contribution in [0, 0.1) is 0 Å². The summed E-state index contributed by atoms with van der Waals surface area (Å²) in [5.41, 5.74) is -0.299. The lowest BCUT2D eigenvalue weighted by molar-refractivity contribution is -0.142. The van der Waals surface area contributed by atoms with Crippen LogP contribution in [0.25, 0.3) is 0 Å². The molecule has 0 aliphatic heterocycles. The third-order valence-electron chi connectivity index (χ3n) is 1.85. The van der Waals surface area contributed by atoms with Crippen LogP contribution in [0.2, 0.25) is 0 Å². The van der Waals surface area contributed by atoms with E-state index < -0.39 is 12.0 Å². The van der Waals surface area contributed by atoms with E-state index in [1.54, 1.807) is 6.26 Å². The molecule has 0 aromatic rings. The summed E-state index contributed by atoms with van der Waals surface area (Å²) in [6, 6.07) is -0.878. The van der Waals surface area contributed by atoms with Crippen molar-refractivity contribution in [2.75, 3.05) is 18.6 Å². The summed E-state index contributed by atoms with van der Waals surface area (Å²) in [5, 5.41) is 11.4. The molecule has 5 nitrogen and oxygen atoms in total. The van der Waals surface area contributed by atoms with Crippen LogP contribution in [0.1, 0.15) is 27.2 Å². The largest absolute Gasteiger partial charge is 0.480 e. The molecule has 0 radical (unpaired) electrons. The Kier molecular flexibility index (Phi) is 7.22. The quantitative estimate of drug-likeness (QED) is 0.720. The highest BCUT2D eigenvalue weighted by molar-refractivity contribution is 7.99. The number of carbonyl (C=O) groups is 2. The van der Waals surface area contributed by atoms with Gasteiger partial charge in [0.25, 0.3) is 0 Å². The predicted octanol–water partition coefficient (Wildman–Crippen LogP) is 1.12. The topological polar surface area (TPSA) is 75.6 Å². The van der Waals surface area contributed by atoms with Gasteiger partial charge in [0, 0.05) is 13.0 Å². The fraction of sp³-hybridized carbons (Fsp3) is 0.818. The molecule has 0 saturated carbocycles. The van der Waals surface area contributed by atoms with Crippen molar-refractivity contribution in [2.45, 2.75) is 38.8 Å². The molecule has 0 aliphatic rings. The zero-order chi connectivity index (χ0) is 13.5. The van der Waals surface area contributed by atoms with E-state index in [1.165, 1.54) is 11.8 Å². The van der Waals surface area contributed by atoms with Gasteiger partial charge in [0.1, 0.15) is 6.04 Å². The van der Waals surface area contributed by atoms with E-state index in [2.05, 4.69) is 5.32 Å². The van der Waals surface area contributed by atoms with Crippen LogP contribution >= 0.6 is 11.8 Å². The lowest BCUT2D eigenvalue weighted by Crippen LogP contribution is -2.42. The first-order valence-corrected chi connectivity index (χ1v) is 6.80. The predicted molar refractivity (Wildman–Crippen MR) is 68.3 cm³/mol. The average Bonchev–Trinajstić information content (AvgIpc) is 2.14. The maximum absolute atomic E-state index is 11.3. The Morgan fingerprint density at radius 2 is 2.00 bits per heavy atom. The number of carbonyl (C=O) groups excluding carboxylic acids is 1. The first-order valence-electron chi connectivity index (χ1n) is 5.41. The van der Waals surface area contributed by atoms with Crippen LogP contribution in [0.3, 0.4) is 0 Å². The van der Waals surface area contributed by atoms with Gasteiger partial charge in [-0.3, -0.25) is 4.79 Å². The van der Waals surface area contributed by atoms with E-state index in [-0.39, 0.29) is 23.7 Å². The molecular weight excluding hydrogens is 242 g/mol. The summed E-state index contributed by atoms with van der Waals surface area (Å²) >= 11 is 1.36. The molecule has 0 aromatic carbocycles. The van der Waals surface area contributed by atoms with Crippen molar-refractivity contribution in [3.8, 4) is 0 Å². The molecular formula is C11H21NO4S. The van der Waals surface area contributed by atoms with Crippen LogP contribution < -0.4 is 5.32 Å². The molecule has 0 spiro atoms. The van der Waals surface area contributed by atoms with Crippen molar-refractivity contribution in [3.05, 3.63) is 0 Å². The Hall–Kier alpha value is -0.750. The van der Waals surface area contributed by atoms with Gasteiger partial charge >= 0.3 is 5.97 Å². The number of carboxylic acids is 1. The van der Waals surface area contributed by atoms with Crippen molar-refractivity contribution in [3.63, 3.8) is 0 Å². The van der Waals surface area contributed by atoms with E-state index in [1.807, 2.05) is 20.8 Å². The number of amides is 1. The molecule has 0 saturated heterocycles. The van der Waals surface area contributed by atoms with E-state index >= 15 is 0 Å². The van der Waals surface area contributed by atoms with Crippen LogP contribution in [-0.4, -0.2) is 47.2 Å². The number of aliphatic carboxylic acids is 1. The molecule has 1 atom stereocenters. The minimum atomic E-state index is -1.03. The second-order valence-corrected chi connectivity index (χ2v) is 5.51. The van der Waals surface area contributed by atoms with Crippen LogP contribution in [0.4, 0.5) is 0 Å². The molecule has 0 rings (SSSR count). The van der Waals surface area contributed by atoms with Crippen molar-refractivity contribution in [2.24, 2.45) is 0 Å². The summed E-state index contributed by atoms with van der Waals surface area (Å²) < 4.78 is 5.43. The van der Waals surface area contributed by atoms with Gasteiger partial charge in [-0.15, -0.1) is 0 Å². The number of thioether (sulfide) groups is 1. The van der Waals surface area contributed by atoms with E-state index in [9.17, 15) is 9.59 Å². The van der Waals surface area contributed by atoms with Crippen LogP contribution in [0.5, 0.6) is 0 Å². The zero-order valence-electron chi connectivity index (χ0n) is 10.8. The molecule has 0 bridgehead atoms. The Morgan fingerprint density at radius 1 is 1.41 bits per heavy atom. The van der Waals surface area contributed by atoms with Gasteiger partial charge in [0.05, 0.1) is 11.4 Å². The highest BCUT2D eigenvalue weighted by Gasteiger charge is 2.20. The van der Waals surface area contributed by atoms with E-state index in [4.69, 9.17) is 9.84 Å². The molecule has 17 heavy (non-hydrogen) atoms. The smallest absolute Gasteiger partial charge is 0.326 e. The number of carboxylic acid groups (broad SMARTS) is 1. The molecule has 0 aromatic heterocycles. The normalized spacial score (nSPS) is 13.2. The number of nitrogens with one attached hydrogen (secondary N) is 1. The van der Waals surface area contributed by atoms with Gasteiger partial charge in [-0.1, -0.05) is 0 Å². The molecule has 0 heterocycles. The molecule has 1 unspecified atom stereocenters. The fourth-order valence-electron chi connectivity index (χ4n) is 1.11. The molecule has 2 N–H and O–H groups in total. The summed E-state index contributed by atoms with van der Waals surface area (Å²) in [6.07, 6.45) is 2.06. The average molecular weight is 263 g/mol. The van der Waals surface area contributed by atoms with Crippen molar-refractivity contribution >= 4 is 23.6 Å². The third kappa shape index (κ3) is 9.00. The third-order valence-corrected chi connectivity index (χ3v) is 2.40. The standard InChI is InChI=1S/C11H21NO4S/c1-11(2,3)16-6-5-8(10(14)15)12-9(13)7-17-4/h8H,5-7H2,1-4H3,(H,12,13)(H,14,15). The second kappa shape index (κ2) is 7.55. The molecule has 6 heteroatoms. The summed E-state index contributed by atoms with van der Waals surface area (Å²) in [5.74, 6) is -1.03. The van der Waals surface area contributed by atoms with Crippen molar-refractivity contribution in [1.29, 1.82) is 0 Å². The maximum Gasteiger partial charge on any atom is 0.326 e. The van der Waals surface area contributed by atoms with E-state index in [0.717, 1.165) is 0 Å².